The number of unbranched alkanes of at least 4 members (excludes halogenated alkanes) is 48. The van der Waals surface area contributed by atoms with Gasteiger partial charge in [-0.2, -0.15) is 0 Å². The number of ether oxygens (including phenoxy) is 1. The molecule has 0 aromatic heterocycles. The van der Waals surface area contributed by atoms with Gasteiger partial charge >= 0.3 is 11.9 Å². The first kappa shape index (κ1) is 106. The molecule has 1 saturated heterocycles. The van der Waals surface area contributed by atoms with Crippen LogP contribution in [0.3, 0.4) is 0 Å². The van der Waals surface area contributed by atoms with E-state index in [2.05, 4.69) is 113 Å². The topological polar surface area (TPSA) is 203 Å². The highest BCUT2D eigenvalue weighted by Gasteiger charge is 2.46. The number of esters is 1. The van der Waals surface area contributed by atoms with Crippen LogP contribution in [-0.4, -0.2) is 139 Å². The second-order valence-corrected chi connectivity index (χ2v) is 32.7. The largest absolute Gasteiger partial charge is 0.463 e. The van der Waals surface area contributed by atoms with Crippen LogP contribution in [0.5, 0.6) is 0 Å². The van der Waals surface area contributed by atoms with Crippen LogP contribution in [-0.2, 0) is 33.5 Å². The fraction of sp³-hybridized carbons (Fsp3) is 0.818. The molecule has 0 aromatic rings. The number of amides is 5. The molecule has 1 aliphatic rings. The van der Waals surface area contributed by atoms with Gasteiger partial charge in [-0.3, -0.25) is 28.5 Å². The number of hydrogen-bond acceptors (Lipinski definition) is 10. The van der Waals surface area contributed by atoms with E-state index < -0.39 is 30.7 Å². The molecule has 15 nitrogen and oxygen atoms in total. The first-order valence-corrected chi connectivity index (χ1v) is 47.5. The molecule has 114 heavy (non-hydrogen) atoms. The minimum absolute atomic E-state index is 0.00873. The quantitative estimate of drug-likeness (QED) is 0.0147. The van der Waals surface area contributed by atoms with E-state index in [1.54, 1.807) is 4.90 Å². The van der Waals surface area contributed by atoms with Gasteiger partial charge in [0, 0.05) is 96.4 Å². The third-order valence-corrected chi connectivity index (χ3v) is 22.3. The van der Waals surface area contributed by atoms with E-state index in [0.29, 0.717) is 77.7 Å². The van der Waals surface area contributed by atoms with Gasteiger partial charge in [-0.25, -0.2) is 4.79 Å². The number of carbonyl (C=O) groups excluding carboxylic acids is 6. The highest BCUT2D eigenvalue weighted by Crippen LogP contribution is 2.26. The van der Waals surface area contributed by atoms with Gasteiger partial charge in [-0.1, -0.05) is 314 Å². The maximum absolute atomic E-state index is 15.2. The Morgan fingerprint density at radius 2 is 0.693 bits per heavy atom. The van der Waals surface area contributed by atoms with Crippen LogP contribution in [0.4, 0.5) is 0 Å². The summed E-state index contributed by atoms with van der Waals surface area (Å²) in [5.74, 6) is 36.4. The Kier molecular flexibility index (Phi) is 76.7. The standard InChI is InChI=1S/C99H168N6O9/c1-5-9-12-15-18-21-24-27-30-33-36-39-42-45-48-51-54-57-60-63-66-69-75-94(108)101-79-72-78-100-91(88-106)85-98(112)105(83-8-4,84-74-81-103-96(110)77-71-68-65-62-59-56-53-50-47-44-41-38-35-32-29-26-23-20-17-14-11-7-3)93(89-107)87-97(111)104(92-86-99(113)114-90-92)82-73-80-102-95(109)76-70-67-64-61-58-55-52-49-46-43-40-37-34-31-28-25-22-19-16-13-10-6-2/h91-93,100,106-107H,5-38,51-90H2,1-4H3,(H2-,101,102,103,108,109,110)/p+1. The fourth-order valence-electron chi connectivity index (χ4n) is 15.2. The smallest absolute Gasteiger partial charge is 0.315 e. The van der Waals surface area contributed by atoms with Crippen molar-refractivity contribution in [3.05, 3.63) is 0 Å². The summed E-state index contributed by atoms with van der Waals surface area (Å²) in [5.41, 5.74) is 0. The molecule has 1 aliphatic heterocycles. The van der Waals surface area contributed by atoms with Crippen molar-refractivity contribution in [2.45, 2.75) is 457 Å². The van der Waals surface area contributed by atoms with Crippen molar-refractivity contribution < 1.29 is 48.2 Å². The molecule has 1 rings (SSSR count). The number of nitrogens with one attached hydrogen (secondary N) is 4. The number of nitrogens with zero attached hydrogens (tertiary/aromatic N) is 2. The number of aliphatic hydroxyl groups excluding tert-OH is 2. The molecule has 6 N–H and O–H groups in total. The molecule has 4 unspecified atom stereocenters. The summed E-state index contributed by atoms with van der Waals surface area (Å²) >= 11 is 0. The predicted molar refractivity (Wildman–Crippen MR) is 475 cm³/mol. The van der Waals surface area contributed by atoms with Gasteiger partial charge in [-0.05, 0) is 119 Å². The van der Waals surface area contributed by atoms with E-state index in [4.69, 9.17) is 4.74 Å². The lowest BCUT2D eigenvalue weighted by Crippen LogP contribution is -2.64. The van der Waals surface area contributed by atoms with Crippen molar-refractivity contribution in [3.8, 4) is 71.0 Å². The van der Waals surface area contributed by atoms with Crippen LogP contribution < -0.4 is 21.3 Å². The highest BCUT2D eigenvalue weighted by molar-refractivity contribution is 5.80. The molecule has 0 saturated carbocycles. The van der Waals surface area contributed by atoms with Crippen molar-refractivity contribution in [2.24, 2.45) is 0 Å². The Labute approximate surface area is 699 Å². The summed E-state index contributed by atoms with van der Waals surface area (Å²) in [5, 5.41) is 34.6. The summed E-state index contributed by atoms with van der Waals surface area (Å²) in [6, 6.07) is -2.04. The average molecular weight is 1590 g/mol. The second-order valence-electron chi connectivity index (χ2n) is 32.7. The zero-order valence-electron chi connectivity index (χ0n) is 73.7. The molecular formula is C99H169N6O9+. The molecule has 0 aromatic carbocycles. The number of cyclic esters (lactones) is 1. The minimum atomic E-state index is -0.873. The Bertz CT molecular complexity index is 2790. The van der Waals surface area contributed by atoms with Crippen LogP contribution in [0.25, 0.3) is 0 Å². The van der Waals surface area contributed by atoms with Gasteiger partial charge in [0.1, 0.15) is 12.6 Å². The first-order valence-electron chi connectivity index (χ1n) is 47.5. The number of aliphatic hydroxyl groups is 2. The number of carbonyl (C=O) groups is 6. The average Bonchev–Trinajstić information content (AvgIpc) is 0.920. The summed E-state index contributed by atoms with van der Waals surface area (Å²) in [4.78, 5) is 83.2. The van der Waals surface area contributed by atoms with Crippen molar-refractivity contribution in [2.75, 3.05) is 65.6 Å². The fourth-order valence-corrected chi connectivity index (χ4v) is 15.2. The van der Waals surface area contributed by atoms with E-state index in [0.717, 1.165) is 167 Å². The molecule has 4 atom stereocenters. The lowest BCUT2D eigenvalue weighted by molar-refractivity contribution is -0.880. The Morgan fingerprint density at radius 1 is 0.377 bits per heavy atom. The zero-order valence-corrected chi connectivity index (χ0v) is 73.7. The van der Waals surface area contributed by atoms with Crippen molar-refractivity contribution >= 4 is 35.5 Å². The number of rotatable bonds is 77. The van der Waals surface area contributed by atoms with E-state index in [9.17, 15) is 34.2 Å². The number of hydrogen-bond donors (Lipinski definition) is 6. The molecule has 1 fully saturated rings. The summed E-state index contributed by atoms with van der Waals surface area (Å²) in [6.07, 6.45) is 66.4. The van der Waals surface area contributed by atoms with Crippen LogP contribution >= 0.6 is 0 Å². The second kappa shape index (κ2) is 82.3. The van der Waals surface area contributed by atoms with Crippen molar-refractivity contribution in [1.29, 1.82) is 0 Å². The van der Waals surface area contributed by atoms with Gasteiger partial charge < -0.3 is 41.1 Å². The maximum Gasteiger partial charge on any atom is 0.315 e. The Hall–Kier alpha value is -5.78. The highest BCUT2D eigenvalue weighted by atomic mass is 16.5. The van der Waals surface area contributed by atoms with Gasteiger partial charge in [0.25, 0.3) is 0 Å². The lowest BCUT2D eigenvalue weighted by atomic mass is 10.0. The lowest BCUT2D eigenvalue weighted by Gasteiger charge is -2.43. The summed E-state index contributed by atoms with van der Waals surface area (Å²) in [6.45, 7) is 10.3. The summed E-state index contributed by atoms with van der Waals surface area (Å²) < 4.78 is 5.14. The van der Waals surface area contributed by atoms with Gasteiger partial charge in [0.2, 0.25) is 23.6 Å². The van der Waals surface area contributed by atoms with Crippen LogP contribution in [0.15, 0.2) is 0 Å². The maximum atomic E-state index is 15.2. The van der Waals surface area contributed by atoms with Crippen LogP contribution in [0.2, 0.25) is 0 Å². The van der Waals surface area contributed by atoms with Crippen molar-refractivity contribution in [3.63, 3.8) is 0 Å². The predicted octanol–water partition coefficient (Wildman–Crippen LogP) is 20.8. The van der Waals surface area contributed by atoms with E-state index in [-0.39, 0.29) is 79.6 Å². The van der Waals surface area contributed by atoms with Gasteiger partial charge in [-0.15, -0.1) is 0 Å². The van der Waals surface area contributed by atoms with Crippen LogP contribution in [0.1, 0.15) is 439 Å². The first-order chi connectivity index (χ1) is 56.0. The van der Waals surface area contributed by atoms with Gasteiger partial charge in [0.15, 0.2) is 0 Å². The van der Waals surface area contributed by atoms with E-state index in [1.807, 2.05) is 6.92 Å². The Balaban J connectivity index is 2.80. The minimum Gasteiger partial charge on any atom is -0.463 e. The third-order valence-electron chi connectivity index (χ3n) is 22.3. The molecule has 648 valence electrons. The Morgan fingerprint density at radius 3 is 1.00 bits per heavy atom. The third kappa shape index (κ3) is 65.3. The molecule has 15 heteroatoms. The number of quaternary nitrogens is 1. The van der Waals surface area contributed by atoms with E-state index >= 15 is 4.79 Å². The molecular weight excluding hydrogens is 1420 g/mol. The monoisotopic (exact) mass is 1590 g/mol. The van der Waals surface area contributed by atoms with Crippen molar-refractivity contribution in [1.82, 2.24) is 26.2 Å². The van der Waals surface area contributed by atoms with Gasteiger partial charge in [0.05, 0.1) is 51.6 Å². The summed E-state index contributed by atoms with van der Waals surface area (Å²) in [7, 11) is 0. The molecule has 0 bridgehead atoms. The molecule has 5 amide bonds. The van der Waals surface area contributed by atoms with E-state index in [1.165, 1.54) is 180 Å². The molecule has 0 spiro atoms. The zero-order chi connectivity index (χ0) is 82.6. The molecule has 1 heterocycles. The SMILES string of the molecule is CCCCCCCCCCCCC#CC#CCCCCCCCCC(=O)NCCCNC(CO)CC(=O)[N+](CCC)(CCCNC(=O)CCCCCCCCC#CC#CCCCCCCCCCCCC)C(CO)CC(=O)N(CCCNC(=O)CCCCCCCCC#CC#CCCCCCCCCCCCC)C1COC(=O)C1. The molecule has 0 radical (unpaired) electrons. The molecule has 0 aliphatic carbocycles. The van der Waals surface area contributed by atoms with Crippen LogP contribution in [0, 0.1) is 71.0 Å². The normalized spacial score (nSPS) is 13.1.